The number of carbonyl (C=O) groups excluding carboxylic acids is 1. The molecule has 0 atom stereocenters. The van der Waals surface area contributed by atoms with Gasteiger partial charge in [-0.1, -0.05) is 19.1 Å². The van der Waals surface area contributed by atoms with Crippen molar-refractivity contribution in [2.75, 3.05) is 20.1 Å². The lowest BCUT2D eigenvalue weighted by molar-refractivity contribution is -0.121. The summed E-state index contributed by atoms with van der Waals surface area (Å²) in [6, 6.07) is 0. The second kappa shape index (κ2) is 6.64. The van der Waals surface area contributed by atoms with E-state index in [2.05, 4.69) is 31.6 Å². The van der Waals surface area contributed by atoms with Crippen LogP contribution in [-0.4, -0.2) is 53.8 Å². The van der Waals surface area contributed by atoms with Gasteiger partial charge in [-0.15, -0.1) is 5.10 Å². The number of aromatic nitrogens is 3. The standard InChI is InChI=1S/C10H18BrN5O3S/c1-7(2)5-12-8(17)6-15(3)20(18,19)10-9(11)13-14-16(10)4/h7H,5-6H2,1-4H3,(H,12,17). The second-order valence-electron chi connectivity index (χ2n) is 4.77. The number of nitrogens with one attached hydrogen (secondary N) is 1. The van der Waals surface area contributed by atoms with E-state index < -0.39 is 10.0 Å². The van der Waals surface area contributed by atoms with Gasteiger partial charge in [0.15, 0.2) is 4.60 Å². The van der Waals surface area contributed by atoms with Crippen LogP contribution in [0.5, 0.6) is 0 Å². The van der Waals surface area contributed by atoms with Gasteiger partial charge in [-0.05, 0) is 21.8 Å². The van der Waals surface area contributed by atoms with Crippen LogP contribution in [0.2, 0.25) is 0 Å². The maximum Gasteiger partial charge on any atom is 0.263 e. The van der Waals surface area contributed by atoms with E-state index in [1.807, 2.05) is 13.8 Å². The predicted octanol–water partition coefficient (Wildman–Crippen LogP) is -0.0297. The molecule has 1 heterocycles. The molecule has 1 aromatic rings. The fourth-order valence-electron chi connectivity index (χ4n) is 1.41. The summed E-state index contributed by atoms with van der Waals surface area (Å²) in [4.78, 5) is 11.7. The largest absolute Gasteiger partial charge is 0.355 e. The normalized spacial score (nSPS) is 12.2. The van der Waals surface area contributed by atoms with Gasteiger partial charge in [0.2, 0.25) is 10.9 Å². The molecule has 0 aliphatic heterocycles. The Hall–Kier alpha value is -1.00. The highest BCUT2D eigenvalue weighted by atomic mass is 79.9. The van der Waals surface area contributed by atoms with Gasteiger partial charge in [0.1, 0.15) is 0 Å². The first kappa shape index (κ1) is 17.1. The quantitative estimate of drug-likeness (QED) is 0.761. The summed E-state index contributed by atoms with van der Waals surface area (Å²) in [6.45, 7) is 4.16. The summed E-state index contributed by atoms with van der Waals surface area (Å²) >= 11 is 3.04. The summed E-state index contributed by atoms with van der Waals surface area (Å²) in [7, 11) is -1.02. The Bertz CT molecular complexity index is 564. The number of carbonyl (C=O) groups is 1. The van der Waals surface area contributed by atoms with E-state index in [0.29, 0.717) is 12.5 Å². The van der Waals surface area contributed by atoms with Crippen LogP contribution in [-0.2, 0) is 21.9 Å². The summed E-state index contributed by atoms with van der Waals surface area (Å²) in [5, 5.41) is 9.82. The number of aryl methyl sites for hydroxylation is 1. The molecule has 1 aromatic heterocycles. The van der Waals surface area contributed by atoms with E-state index in [1.165, 1.54) is 14.1 Å². The van der Waals surface area contributed by atoms with Gasteiger partial charge in [0.25, 0.3) is 10.0 Å². The first-order chi connectivity index (χ1) is 9.16. The van der Waals surface area contributed by atoms with Crippen LogP contribution in [0.15, 0.2) is 9.63 Å². The van der Waals surface area contributed by atoms with Gasteiger partial charge in [-0.2, -0.15) is 4.31 Å². The maximum atomic E-state index is 12.3. The lowest BCUT2D eigenvalue weighted by Gasteiger charge is -2.17. The Morgan fingerprint density at radius 2 is 2.10 bits per heavy atom. The van der Waals surface area contributed by atoms with Crippen molar-refractivity contribution in [2.45, 2.75) is 18.9 Å². The predicted molar refractivity (Wildman–Crippen MR) is 76.4 cm³/mol. The first-order valence-corrected chi connectivity index (χ1v) is 8.17. The molecule has 0 fully saturated rings. The number of amides is 1. The van der Waals surface area contributed by atoms with Crippen molar-refractivity contribution in [1.82, 2.24) is 24.6 Å². The van der Waals surface area contributed by atoms with Gasteiger partial charge in [-0.25, -0.2) is 13.1 Å². The molecule has 0 aliphatic carbocycles. The molecule has 0 saturated carbocycles. The third kappa shape index (κ3) is 4.00. The molecule has 8 nitrogen and oxygen atoms in total. The molecule has 0 aromatic carbocycles. The minimum atomic E-state index is -3.83. The molecule has 0 aliphatic rings. The Morgan fingerprint density at radius 3 is 2.55 bits per heavy atom. The molecule has 1 amide bonds. The van der Waals surface area contributed by atoms with Crippen molar-refractivity contribution in [3.63, 3.8) is 0 Å². The fourth-order valence-corrected chi connectivity index (χ4v) is 3.55. The zero-order valence-corrected chi connectivity index (χ0v) is 14.2. The van der Waals surface area contributed by atoms with E-state index >= 15 is 0 Å². The number of halogens is 1. The Labute approximate surface area is 126 Å². The van der Waals surface area contributed by atoms with Crippen molar-refractivity contribution >= 4 is 31.9 Å². The molecule has 0 spiro atoms. The highest BCUT2D eigenvalue weighted by Crippen LogP contribution is 2.20. The lowest BCUT2D eigenvalue weighted by atomic mass is 10.2. The molecular formula is C10H18BrN5O3S. The van der Waals surface area contributed by atoms with Gasteiger partial charge in [0, 0.05) is 20.6 Å². The zero-order chi connectivity index (χ0) is 15.5. The molecular weight excluding hydrogens is 350 g/mol. The number of hydrogen-bond acceptors (Lipinski definition) is 5. The monoisotopic (exact) mass is 367 g/mol. The van der Waals surface area contributed by atoms with Crippen LogP contribution < -0.4 is 5.32 Å². The molecule has 10 heteroatoms. The summed E-state index contributed by atoms with van der Waals surface area (Å²) in [5.74, 6) is -0.0488. The highest BCUT2D eigenvalue weighted by molar-refractivity contribution is 9.10. The average Bonchev–Trinajstić information content (AvgIpc) is 2.66. The smallest absolute Gasteiger partial charge is 0.263 e. The lowest BCUT2D eigenvalue weighted by Crippen LogP contribution is -2.40. The number of sulfonamides is 1. The first-order valence-electron chi connectivity index (χ1n) is 5.94. The van der Waals surface area contributed by atoms with Crippen LogP contribution in [0.25, 0.3) is 0 Å². The van der Waals surface area contributed by atoms with E-state index in [-0.39, 0.29) is 22.1 Å². The highest BCUT2D eigenvalue weighted by Gasteiger charge is 2.29. The summed E-state index contributed by atoms with van der Waals surface area (Å²) in [6.07, 6.45) is 0. The molecule has 1 rings (SSSR count). The van der Waals surface area contributed by atoms with Crippen molar-refractivity contribution in [2.24, 2.45) is 13.0 Å². The maximum absolute atomic E-state index is 12.3. The van der Waals surface area contributed by atoms with Crippen LogP contribution in [0.3, 0.4) is 0 Å². The van der Waals surface area contributed by atoms with Crippen LogP contribution in [0.1, 0.15) is 13.8 Å². The van der Waals surface area contributed by atoms with Crippen LogP contribution in [0.4, 0.5) is 0 Å². The van der Waals surface area contributed by atoms with E-state index in [9.17, 15) is 13.2 Å². The van der Waals surface area contributed by atoms with Crippen molar-refractivity contribution < 1.29 is 13.2 Å². The van der Waals surface area contributed by atoms with Gasteiger partial charge in [0.05, 0.1) is 6.54 Å². The Morgan fingerprint density at radius 1 is 1.50 bits per heavy atom. The van der Waals surface area contributed by atoms with Gasteiger partial charge in [-0.3, -0.25) is 4.79 Å². The Balaban J connectivity index is 2.81. The van der Waals surface area contributed by atoms with Gasteiger partial charge >= 0.3 is 0 Å². The molecule has 0 saturated heterocycles. The number of likely N-dealkylation sites (N-methyl/N-ethyl adjacent to an activating group) is 1. The number of nitrogens with zero attached hydrogens (tertiary/aromatic N) is 4. The minimum absolute atomic E-state index is 0.0864. The fraction of sp³-hybridized carbons (Fsp3) is 0.700. The average molecular weight is 368 g/mol. The summed E-state index contributed by atoms with van der Waals surface area (Å²) < 4.78 is 26.9. The number of hydrogen-bond donors (Lipinski definition) is 1. The summed E-state index contributed by atoms with van der Waals surface area (Å²) in [5.41, 5.74) is 0. The Kier molecular flexibility index (Phi) is 5.66. The van der Waals surface area contributed by atoms with E-state index in [1.54, 1.807) is 0 Å². The molecule has 114 valence electrons. The minimum Gasteiger partial charge on any atom is -0.355 e. The third-order valence-corrected chi connectivity index (χ3v) is 5.16. The zero-order valence-electron chi connectivity index (χ0n) is 11.8. The number of rotatable bonds is 6. The second-order valence-corrected chi connectivity index (χ2v) is 7.48. The third-order valence-electron chi connectivity index (χ3n) is 2.47. The molecule has 0 bridgehead atoms. The van der Waals surface area contributed by atoms with Gasteiger partial charge < -0.3 is 5.32 Å². The van der Waals surface area contributed by atoms with Crippen molar-refractivity contribution in [3.8, 4) is 0 Å². The van der Waals surface area contributed by atoms with Crippen molar-refractivity contribution in [1.29, 1.82) is 0 Å². The van der Waals surface area contributed by atoms with Crippen LogP contribution >= 0.6 is 15.9 Å². The molecule has 0 radical (unpaired) electrons. The molecule has 1 N–H and O–H groups in total. The topological polar surface area (TPSA) is 97.2 Å². The SMILES string of the molecule is CC(C)CNC(=O)CN(C)S(=O)(=O)c1c(Br)nnn1C. The van der Waals surface area contributed by atoms with E-state index in [0.717, 1.165) is 8.99 Å². The molecule has 20 heavy (non-hydrogen) atoms. The molecule has 0 unspecified atom stereocenters. The van der Waals surface area contributed by atoms with Crippen LogP contribution in [0, 0.1) is 5.92 Å². The van der Waals surface area contributed by atoms with E-state index in [4.69, 9.17) is 0 Å². The van der Waals surface area contributed by atoms with Crippen molar-refractivity contribution in [3.05, 3.63) is 4.60 Å².